The van der Waals surface area contributed by atoms with Crippen molar-refractivity contribution in [3.05, 3.63) is 35.7 Å². The summed E-state index contributed by atoms with van der Waals surface area (Å²) in [6.07, 6.45) is 10.5. The third-order valence-electron chi connectivity index (χ3n) is 7.06. The van der Waals surface area contributed by atoms with Crippen LogP contribution in [-0.4, -0.2) is 69.3 Å². The predicted molar refractivity (Wildman–Crippen MR) is 122 cm³/mol. The molecule has 2 fully saturated rings. The van der Waals surface area contributed by atoms with Gasteiger partial charge in [0.1, 0.15) is 5.75 Å². The van der Waals surface area contributed by atoms with Crippen molar-refractivity contribution in [2.75, 3.05) is 33.3 Å². The number of tetrazole rings is 1. The molecular formula is C24H38N6O. The second-order valence-electron chi connectivity index (χ2n) is 9.06. The van der Waals surface area contributed by atoms with Crippen LogP contribution in [0.4, 0.5) is 0 Å². The van der Waals surface area contributed by atoms with Gasteiger partial charge >= 0.3 is 0 Å². The van der Waals surface area contributed by atoms with Crippen molar-refractivity contribution >= 4 is 0 Å². The lowest BCUT2D eigenvalue weighted by Crippen LogP contribution is -2.51. The molecule has 0 amide bonds. The first-order valence-corrected chi connectivity index (χ1v) is 12.2. The van der Waals surface area contributed by atoms with Crippen LogP contribution >= 0.6 is 0 Å². The molecule has 7 nitrogen and oxygen atoms in total. The topological polar surface area (TPSA) is 59.3 Å². The summed E-state index contributed by atoms with van der Waals surface area (Å²) < 4.78 is 7.28. The summed E-state index contributed by atoms with van der Waals surface area (Å²) in [6, 6.07) is 9.28. The van der Waals surface area contributed by atoms with Crippen molar-refractivity contribution in [1.29, 1.82) is 0 Å². The van der Waals surface area contributed by atoms with Crippen molar-refractivity contribution < 1.29 is 4.74 Å². The first-order chi connectivity index (χ1) is 15.3. The molecule has 0 bridgehead atoms. The van der Waals surface area contributed by atoms with Crippen LogP contribution in [0, 0.1) is 0 Å². The van der Waals surface area contributed by atoms with Gasteiger partial charge < -0.3 is 4.74 Å². The Morgan fingerprint density at radius 3 is 2.45 bits per heavy atom. The molecule has 4 rings (SSSR count). The van der Waals surface area contributed by atoms with E-state index in [2.05, 4.69) is 44.4 Å². The lowest BCUT2D eigenvalue weighted by atomic mass is 9.93. The van der Waals surface area contributed by atoms with Crippen LogP contribution in [0.1, 0.15) is 75.7 Å². The number of nitrogens with zero attached hydrogens (tertiary/aromatic N) is 6. The van der Waals surface area contributed by atoms with Crippen molar-refractivity contribution in [1.82, 2.24) is 30.0 Å². The third-order valence-corrected chi connectivity index (χ3v) is 7.06. The number of rotatable bonds is 9. The van der Waals surface area contributed by atoms with Crippen LogP contribution in [0.2, 0.25) is 0 Å². The van der Waals surface area contributed by atoms with E-state index in [0.717, 1.165) is 37.1 Å². The molecule has 1 aliphatic carbocycles. The molecule has 2 heterocycles. The lowest BCUT2D eigenvalue weighted by molar-refractivity contribution is 0.0497. The minimum absolute atomic E-state index is 0.293. The first-order valence-electron chi connectivity index (χ1n) is 12.2. The molecule has 1 aromatic heterocycles. The van der Waals surface area contributed by atoms with Crippen molar-refractivity contribution in [2.45, 2.75) is 76.9 Å². The highest BCUT2D eigenvalue weighted by Crippen LogP contribution is 2.29. The average Bonchev–Trinajstić information content (AvgIpc) is 3.28. The molecule has 0 spiro atoms. The summed E-state index contributed by atoms with van der Waals surface area (Å²) in [7, 11) is 1.70. The molecule has 0 radical (unpaired) electrons. The normalized spacial score (nSPS) is 20.1. The van der Waals surface area contributed by atoms with Crippen LogP contribution < -0.4 is 4.74 Å². The highest BCUT2D eigenvalue weighted by Gasteiger charge is 2.31. The quantitative estimate of drug-likeness (QED) is 0.606. The monoisotopic (exact) mass is 426 g/mol. The standard InChI is InChI=1S/C24H38N6O/c1-3-4-10-23(29-17-15-28(16-18-29)21-8-6-5-7-9-21)24-25-26-27-30(24)19-20-11-13-22(31-2)14-12-20/h11-14,21,23H,3-10,15-19H2,1-2H3. The van der Waals surface area contributed by atoms with Crippen LogP contribution in [0.3, 0.4) is 0 Å². The minimum atomic E-state index is 0.293. The number of piperazine rings is 1. The van der Waals surface area contributed by atoms with Gasteiger partial charge in [-0.3, -0.25) is 9.80 Å². The molecule has 170 valence electrons. The second kappa shape index (κ2) is 11.0. The molecule has 2 aliphatic rings. The predicted octanol–water partition coefficient (Wildman–Crippen LogP) is 3.91. The molecular weight excluding hydrogens is 388 g/mol. The Morgan fingerprint density at radius 1 is 1.03 bits per heavy atom. The van der Waals surface area contributed by atoms with Gasteiger partial charge in [-0.2, -0.15) is 0 Å². The van der Waals surface area contributed by atoms with E-state index in [1.807, 2.05) is 16.8 Å². The fraction of sp³-hybridized carbons (Fsp3) is 0.708. The minimum Gasteiger partial charge on any atom is -0.497 e. The summed E-state index contributed by atoms with van der Waals surface area (Å²) in [5, 5.41) is 12.9. The summed E-state index contributed by atoms with van der Waals surface area (Å²) in [4.78, 5) is 5.37. The smallest absolute Gasteiger partial charge is 0.168 e. The summed E-state index contributed by atoms with van der Waals surface area (Å²) >= 11 is 0. The van der Waals surface area contributed by atoms with E-state index < -0.39 is 0 Å². The Bertz CT molecular complexity index is 778. The van der Waals surface area contributed by atoms with Crippen molar-refractivity contribution in [2.24, 2.45) is 0 Å². The molecule has 0 N–H and O–H groups in total. The highest BCUT2D eigenvalue weighted by atomic mass is 16.5. The SMILES string of the molecule is CCCCC(c1nnnn1Cc1ccc(OC)cc1)N1CCN(C2CCCCC2)CC1. The lowest BCUT2D eigenvalue weighted by Gasteiger charge is -2.43. The molecule has 1 aromatic carbocycles. The zero-order chi connectivity index (χ0) is 21.5. The van der Waals surface area contributed by atoms with Crippen LogP contribution in [0.15, 0.2) is 24.3 Å². The number of hydrogen-bond acceptors (Lipinski definition) is 6. The first kappa shape index (κ1) is 22.2. The molecule has 7 heteroatoms. The van der Waals surface area contributed by atoms with Gasteiger partial charge in [0.2, 0.25) is 0 Å². The molecule has 1 unspecified atom stereocenters. The van der Waals surface area contributed by atoms with E-state index >= 15 is 0 Å². The Kier molecular flexibility index (Phi) is 7.92. The Morgan fingerprint density at radius 2 is 1.77 bits per heavy atom. The third kappa shape index (κ3) is 5.63. The van der Waals surface area contributed by atoms with Crippen molar-refractivity contribution in [3.63, 3.8) is 0 Å². The average molecular weight is 427 g/mol. The van der Waals surface area contributed by atoms with E-state index in [9.17, 15) is 0 Å². The van der Waals surface area contributed by atoms with Crippen LogP contribution in [0.5, 0.6) is 5.75 Å². The van der Waals surface area contributed by atoms with Gasteiger partial charge in [0.15, 0.2) is 5.82 Å². The number of unbranched alkanes of at least 4 members (excludes halogenated alkanes) is 1. The Labute approximate surface area is 186 Å². The zero-order valence-electron chi connectivity index (χ0n) is 19.2. The fourth-order valence-corrected chi connectivity index (χ4v) is 5.20. The molecule has 1 atom stereocenters. The van der Waals surface area contributed by atoms with E-state index in [-0.39, 0.29) is 0 Å². The number of methoxy groups -OCH3 is 1. The maximum atomic E-state index is 5.28. The maximum absolute atomic E-state index is 5.28. The van der Waals surface area contributed by atoms with E-state index in [0.29, 0.717) is 12.6 Å². The molecule has 1 aliphatic heterocycles. The van der Waals surface area contributed by atoms with Crippen molar-refractivity contribution in [3.8, 4) is 5.75 Å². The molecule has 1 saturated carbocycles. The van der Waals surface area contributed by atoms with Gasteiger partial charge in [0.05, 0.1) is 19.7 Å². The van der Waals surface area contributed by atoms with Gasteiger partial charge in [-0.1, -0.05) is 51.2 Å². The molecule has 31 heavy (non-hydrogen) atoms. The maximum Gasteiger partial charge on any atom is 0.168 e. The fourth-order valence-electron chi connectivity index (χ4n) is 5.20. The number of hydrogen-bond donors (Lipinski definition) is 0. The van der Waals surface area contributed by atoms with Crippen LogP contribution in [0.25, 0.3) is 0 Å². The van der Waals surface area contributed by atoms with E-state index in [1.54, 1.807) is 7.11 Å². The largest absolute Gasteiger partial charge is 0.497 e. The van der Waals surface area contributed by atoms with Crippen LogP contribution in [-0.2, 0) is 6.54 Å². The van der Waals surface area contributed by atoms with Gasteiger partial charge in [-0.25, -0.2) is 4.68 Å². The van der Waals surface area contributed by atoms with Gasteiger partial charge in [0, 0.05) is 32.2 Å². The molecule has 1 saturated heterocycles. The Hall–Kier alpha value is -1.99. The van der Waals surface area contributed by atoms with Gasteiger partial charge in [0.25, 0.3) is 0 Å². The highest BCUT2D eigenvalue weighted by molar-refractivity contribution is 5.27. The molecule has 2 aromatic rings. The number of ether oxygens (including phenoxy) is 1. The summed E-state index contributed by atoms with van der Waals surface area (Å²) in [5.41, 5.74) is 1.19. The summed E-state index contributed by atoms with van der Waals surface area (Å²) in [5.74, 6) is 1.88. The zero-order valence-corrected chi connectivity index (χ0v) is 19.2. The second-order valence-corrected chi connectivity index (χ2v) is 9.06. The van der Waals surface area contributed by atoms with E-state index in [4.69, 9.17) is 4.74 Å². The summed E-state index contributed by atoms with van der Waals surface area (Å²) in [6.45, 7) is 7.52. The van der Waals surface area contributed by atoms with E-state index in [1.165, 1.54) is 63.6 Å². The number of aromatic nitrogens is 4. The van der Waals surface area contributed by atoms with Gasteiger partial charge in [-0.05, 0) is 47.4 Å². The van der Waals surface area contributed by atoms with Gasteiger partial charge in [-0.15, -0.1) is 5.10 Å². The Balaban J connectivity index is 1.44. The number of benzene rings is 1.